The van der Waals surface area contributed by atoms with Crippen LogP contribution in [0.15, 0.2) is 42.5 Å². The quantitative estimate of drug-likeness (QED) is 0.354. The third-order valence-electron chi connectivity index (χ3n) is 6.86. The second-order valence-corrected chi connectivity index (χ2v) is 11.9. The fourth-order valence-electron chi connectivity index (χ4n) is 4.87. The maximum atomic E-state index is 2.45. The molecule has 0 saturated carbocycles. The highest BCUT2D eigenvalue weighted by molar-refractivity contribution is 5.38. The Morgan fingerprint density at radius 3 is 1.71 bits per heavy atom. The molecule has 0 bridgehead atoms. The molecule has 0 radical (unpaired) electrons. The van der Waals surface area contributed by atoms with E-state index >= 15 is 0 Å². The fraction of sp³-hybridized carbons (Fsp3) is 0.613. The number of hydrogen-bond acceptors (Lipinski definition) is 0. The summed E-state index contributed by atoms with van der Waals surface area (Å²) in [6.45, 7) is 14.3. The zero-order valence-corrected chi connectivity index (χ0v) is 20.5. The number of unbranched alkanes of at least 4 members (excludes halogenated alkanes) is 3. The molecule has 0 aliphatic heterocycles. The summed E-state index contributed by atoms with van der Waals surface area (Å²) in [7, 11) is 0. The predicted molar refractivity (Wildman–Crippen MR) is 139 cm³/mol. The molecule has 1 atom stereocenters. The molecule has 0 spiro atoms. The van der Waals surface area contributed by atoms with E-state index < -0.39 is 0 Å². The second-order valence-electron chi connectivity index (χ2n) is 11.9. The van der Waals surface area contributed by atoms with Crippen LogP contribution in [0, 0.1) is 10.8 Å². The number of aryl methyl sites for hydroxylation is 4. The molecule has 2 aromatic rings. The summed E-state index contributed by atoms with van der Waals surface area (Å²) in [5.41, 5.74) is 8.41. The van der Waals surface area contributed by atoms with Crippen molar-refractivity contribution in [1.82, 2.24) is 0 Å². The lowest BCUT2D eigenvalue weighted by Gasteiger charge is -2.36. The van der Waals surface area contributed by atoms with Crippen molar-refractivity contribution >= 4 is 0 Å². The van der Waals surface area contributed by atoms with Crippen molar-refractivity contribution in [3.63, 3.8) is 0 Å². The van der Waals surface area contributed by atoms with Crippen LogP contribution >= 0.6 is 0 Å². The molecule has 0 amide bonds. The Morgan fingerprint density at radius 1 is 0.677 bits per heavy atom. The molecule has 2 aromatic carbocycles. The first-order valence-electron chi connectivity index (χ1n) is 12.3. The van der Waals surface area contributed by atoms with Gasteiger partial charge in [-0.3, -0.25) is 0 Å². The molecule has 0 N–H and O–H groups in total. The largest absolute Gasteiger partial charge is 0.0776 e. The van der Waals surface area contributed by atoms with Crippen molar-refractivity contribution in [2.24, 2.45) is 10.8 Å². The van der Waals surface area contributed by atoms with Crippen molar-refractivity contribution in [1.29, 1.82) is 0 Å². The van der Waals surface area contributed by atoms with Gasteiger partial charge in [-0.05, 0) is 89.5 Å². The zero-order valence-electron chi connectivity index (χ0n) is 20.5. The van der Waals surface area contributed by atoms with E-state index in [1.54, 1.807) is 16.7 Å². The maximum Gasteiger partial charge on any atom is -0.0108 e. The zero-order chi connectivity index (χ0) is 21.8. The van der Waals surface area contributed by atoms with Gasteiger partial charge in [0.2, 0.25) is 0 Å². The molecular formula is C31H48. The van der Waals surface area contributed by atoms with E-state index in [-0.39, 0.29) is 7.43 Å². The van der Waals surface area contributed by atoms with Gasteiger partial charge in [0.25, 0.3) is 0 Å². The van der Waals surface area contributed by atoms with Gasteiger partial charge in [-0.25, -0.2) is 0 Å². The summed E-state index contributed by atoms with van der Waals surface area (Å²) in [4.78, 5) is 0. The van der Waals surface area contributed by atoms with E-state index in [2.05, 4.69) is 84.0 Å². The summed E-state index contributed by atoms with van der Waals surface area (Å²) >= 11 is 0. The molecule has 31 heavy (non-hydrogen) atoms. The fourth-order valence-corrected chi connectivity index (χ4v) is 4.87. The van der Waals surface area contributed by atoms with E-state index in [0.717, 1.165) is 0 Å². The van der Waals surface area contributed by atoms with Crippen molar-refractivity contribution in [3.8, 4) is 0 Å². The first kappa shape index (κ1) is 25.7. The molecule has 1 unspecified atom stereocenters. The SMILES string of the molecule is C.CC(C)(C)CC(c1ccc(CCCCCCc2ccc3c(c2)CC3)cc1)C(C)(C)C. The molecule has 3 rings (SSSR count). The first-order chi connectivity index (χ1) is 14.1. The molecule has 0 saturated heterocycles. The summed E-state index contributed by atoms with van der Waals surface area (Å²) in [6, 6.07) is 16.7. The first-order valence-corrected chi connectivity index (χ1v) is 12.3. The highest BCUT2D eigenvalue weighted by Crippen LogP contribution is 2.43. The molecule has 0 heterocycles. The monoisotopic (exact) mass is 420 g/mol. The smallest absolute Gasteiger partial charge is 0.0108 e. The minimum Gasteiger partial charge on any atom is -0.0776 e. The van der Waals surface area contributed by atoms with E-state index in [1.165, 1.54) is 68.9 Å². The molecule has 0 nitrogen and oxygen atoms in total. The summed E-state index contributed by atoms with van der Waals surface area (Å²) in [5.74, 6) is 0.612. The Bertz CT molecular complexity index is 795. The van der Waals surface area contributed by atoms with Gasteiger partial charge >= 0.3 is 0 Å². The van der Waals surface area contributed by atoms with Crippen LogP contribution < -0.4 is 0 Å². The van der Waals surface area contributed by atoms with Gasteiger partial charge < -0.3 is 0 Å². The average molecular weight is 421 g/mol. The highest BCUT2D eigenvalue weighted by Gasteiger charge is 2.30. The van der Waals surface area contributed by atoms with Gasteiger partial charge in [0.15, 0.2) is 0 Å². The van der Waals surface area contributed by atoms with Gasteiger partial charge in [-0.1, -0.05) is 104 Å². The van der Waals surface area contributed by atoms with Gasteiger partial charge in [0.05, 0.1) is 0 Å². The molecule has 0 heteroatoms. The summed E-state index contributed by atoms with van der Waals surface area (Å²) < 4.78 is 0. The third kappa shape index (κ3) is 7.81. The Balaban J connectivity index is 0.00000341. The average Bonchev–Trinajstić information content (AvgIpc) is 2.63. The second kappa shape index (κ2) is 10.8. The minimum atomic E-state index is 0. The van der Waals surface area contributed by atoms with Crippen molar-refractivity contribution in [2.45, 2.75) is 113 Å². The van der Waals surface area contributed by atoms with E-state index in [9.17, 15) is 0 Å². The lowest BCUT2D eigenvalue weighted by Crippen LogP contribution is -2.23. The third-order valence-corrected chi connectivity index (χ3v) is 6.86. The van der Waals surface area contributed by atoms with E-state index in [4.69, 9.17) is 0 Å². The predicted octanol–water partition coefficient (Wildman–Crippen LogP) is 9.33. The molecule has 172 valence electrons. The van der Waals surface area contributed by atoms with Crippen molar-refractivity contribution in [3.05, 3.63) is 70.3 Å². The van der Waals surface area contributed by atoms with Gasteiger partial charge in [0, 0.05) is 0 Å². The van der Waals surface area contributed by atoms with Crippen molar-refractivity contribution in [2.75, 3.05) is 0 Å². The van der Waals surface area contributed by atoms with E-state index in [0.29, 0.717) is 16.7 Å². The summed E-state index contributed by atoms with van der Waals surface area (Å²) in [6.07, 6.45) is 11.7. The van der Waals surface area contributed by atoms with Crippen LogP contribution in [-0.4, -0.2) is 0 Å². The number of hydrogen-bond donors (Lipinski definition) is 0. The molecule has 1 aliphatic rings. The van der Waals surface area contributed by atoms with Gasteiger partial charge in [-0.15, -0.1) is 0 Å². The van der Waals surface area contributed by atoms with Crippen LogP contribution in [0.5, 0.6) is 0 Å². The topological polar surface area (TPSA) is 0 Å². The maximum absolute atomic E-state index is 2.45. The van der Waals surface area contributed by atoms with Crippen LogP contribution in [0.2, 0.25) is 0 Å². The van der Waals surface area contributed by atoms with Crippen LogP contribution in [0.4, 0.5) is 0 Å². The number of fused-ring (bicyclic) bond motifs is 1. The molecular weight excluding hydrogens is 372 g/mol. The van der Waals surface area contributed by atoms with Gasteiger partial charge in [0.1, 0.15) is 0 Å². The Kier molecular flexibility index (Phi) is 8.99. The Labute approximate surface area is 193 Å². The normalized spacial score (nSPS) is 14.4. The molecule has 0 aromatic heterocycles. The minimum absolute atomic E-state index is 0. The van der Waals surface area contributed by atoms with Gasteiger partial charge in [-0.2, -0.15) is 0 Å². The van der Waals surface area contributed by atoms with Crippen molar-refractivity contribution < 1.29 is 0 Å². The van der Waals surface area contributed by atoms with Crippen LogP contribution in [-0.2, 0) is 25.7 Å². The molecule has 1 aliphatic carbocycles. The standard InChI is InChI=1S/C30H44.CH4/c1-29(2,3)22-28(30(4,5)6)26-17-13-23(14-18-26)11-9-7-8-10-12-24-15-16-25-19-20-27(25)21-24;/h13-18,21,28H,7-12,19-20,22H2,1-6H3;1H4. The van der Waals surface area contributed by atoms with Crippen LogP contribution in [0.1, 0.15) is 115 Å². The summed E-state index contributed by atoms with van der Waals surface area (Å²) in [5, 5.41) is 0. The lowest BCUT2D eigenvalue weighted by molar-refractivity contribution is 0.229. The lowest BCUT2D eigenvalue weighted by atomic mass is 9.69. The number of rotatable bonds is 9. The van der Waals surface area contributed by atoms with Crippen LogP contribution in [0.25, 0.3) is 0 Å². The molecule has 0 fully saturated rings. The Morgan fingerprint density at radius 2 is 1.23 bits per heavy atom. The highest BCUT2D eigenvalue weighted by atomic mass is 14.3. The van der Waals surface area contributed by atoms with E-state index in [1.807, 2.05) is 0 Å². The Hall–Kier alpha value is -1.56. The number of benzene rings is 2. The van der Waals surface area contributed by atoms with Crippen LogP contribution in [0.3, 0.4) is 0 Å².